The molecule has 0 unspecified atom stereocenters. The van der Waals surface area contributed by atoms with Crippen molar-refractivity contribution < 1.29 is 19.1 Å². The van der Waals surface area contributed by atoms with Crippen LogP contribution >= 0.6 is 0 Å². The summed E-state index contributed by atoms with van der Waals surface area (Å²) >= 11 is 0. The van der Waals surface area contributed by atoms with Gasteiger partial charge in [0.15, 0.2) is 0 Å². The number of hydrogen-bond donors (Lipinski definition) is 0. The van der Waals surface area contributed by atoms with E-state index in [0.717, 1.165) is 36.3 Å². The molecule has 0 N–H and O–H groups in total. The zero-order valence-electron chi connectivity index (χ0n) is 25.1. The molecule has 2 aliphatic rings. The molecule has 0 bridgehead atoms. The zero-order chi connectivity index (χ0) is 29.5. The van der Waals surface area contributed by atoms with Crippen LogP contribution in [0.25, 0.3) is 0 Å². The third kappa shape index (κ3) is 7.42. The van der Waals surface area contributed by atoms with Crippen molar-refractivity contribution in [2.75, 3.05) is 11.4 Å². The van der Waals surface area contributed by atoms with Crippen molar-refractivity contribution in [2.24, 2.45) is 5.92 Å². The van der Waals surface area contributed by atoms with Gasteiger partial charge in [-0.1, -0.05) is 63.0 Å². The average Bonchev–Trinajstić information content (AvgIpc) is 3.50. The highest BCUT2D eigenvalue weighted by atomic mass is 16.7. The summed E-state index contributed by atoms with van der Waals surface area (Å²) in [7, 11) is 0. The molecule has 3 aromatic carbocycles. The first-order chi connectivity index (χ1) is 20.3. The van der Waals surface area contributed by atoms with Gasteiger partial charge in [-0.15, -0.1) is 0 Å². The number of amides is 1. The molecule has 5 rings (SSSR count). The van der Waals surface area contributed by atoms with Gasteiger partial charge in [-0.2, -0.15) is 0 Å². The van der Waals surface area contributed by atoms with Crippen LogP contribution in [0.5, 0.6) is 5.75 Å². The Morgan fingerprint density at radius 2 is 1.57 bits per heavy atom. The Balaban J connectivity index is 1.33. The number of rotatable bonds is 9. The first-order valence-corrected chi connectivity index (χ1v) is 15.4. The summed E-state index contributed by atoms with van der Waals surface area (Å²) in [6.07, 6.45) is 10.7. The molecule has 3 aromatic rings. The molecule has 5 nitrogen and oxygen atoms in total. The monoisotopic (exact) mass is 563 g/mol. The lowest BCUT2D eigenvalue weighted by atomic mass is 10.0. The van der Waals surface area contributed by atoms with E-state index in [2.05, 4.69) is 43.0 Å². The van der Waals surface area contributed by atoms with Crippen molar-refractivity contribution in [1.29, 1.82) is 0 Å². The van der Waals surface area contributed by atoms with Crippen molar-refractivity contribution in [3.8, 4) is 17.6 Å². The molecule has 0 saturated heterocycles. The second-order valence-electron chi connectivity index (χ2n) is 11.9. The fraction of sp³-hybridized carbons (Fsp3) is 0.405. The lowest BCUT2D eigenvalue weighted by Gasteiger charge is -2.32. The Morgan fingerprint density at radius 1 is 0.905 bits per heavy atom. The summed E-state index contributed by atoms with van der Waals surface area (Å²) in [5, 5.41) is 0. The fourth-order valence-electron chi connectivity index (χ4n) is 5.81. The number of esters is 1. The van der Waals surface area contributed by atoms with Crippen LogP contribution in [0.2, 0.25) is 0 Å². The number of carbonyl (C=O) groups is 2. The minimum atomic E-state index is -1.06. The van der Waals surface area contributed by atoms with Crippen LogP contribution in [0.15, 0.2) is 66.7 Å². The van der Waals surface area contributed by atoms with Crippen LogP contribution in [0.4, 0.5) is 5.69 Å². The standard InChI is InChI=1S/C37H41NO4/c1-4-5-9-28-13-15-29(16-14-28)17-18-30-19-21-31(22-20-30)35(39)38(25-8-12-27-10-6-7-11-27)32-23-24-33-34(26-32)41-37(2,3)42-36(33)40/h13-16,19-24,26-27H,4-12,25H2,1-3H3. The average molecular weight is 564 g/mol. The minimum absolute atomic E-state index is 0.0822. The predicted molar refractivity (Wildman–Crippen MR) is 167 cm³/mol. The van der Waals surface area contributed by atoms with Crippen LogP contribution < -0.4 is 9.64 Å². The molecule has 0 radical (unpaired) electrons. The summed E-state index contributed by atoms with van der Waals surface area (Å²) in [5.41, 5.74) is 4.85. The summed E-state index contributed by atoms with van der Waals surface area (Å²) in [5.74, 6) is 6.08. The number of benzene rings is 3. The van der Waals surface area contributed by atoms with Crippen molar-refractivity contribution in [3.63, 3.8) is 0 Å². The molecule has 0 spiro atoms. The van der Waals surface area contributed by atoms with Crippen molar-refractivity contribution >= 4 is 17.6 Å². The minimum Gasteiger partial charge on any atom is -0.452 e. The number of unbranched alkanes of at least 4 members (excludes halogenated alkanes) is 1. The van der Waals surface area contributed by atoms with Gasteiger partial charge in [-0.25, -0.2) is 4.79 Å². The molecular formula is C37H41NO4. The molecule has 1 saturated carbocycles. The Hall–Kier alpha value is -4.04. The second kappa shape index (κ2) is 13.3. The SMILES string of the molecule is CCCCc1ccc(C#Cc2ccc(C(=O)N(CCCC3CCCC3)c3ccc4c(c3)OC(C)(C)OC4=O)cc2)cc1. The molecule has 218 valence electrons. The quantitative estimate of drug-likeness (QED) is 0.194. The number of nitrogens with zero attached hydrogens (tertiary/aromatic N) is 1. The van der Waals surface area contributed by atoms with E-state index >= 15 is 0 Å². The molecule has 1 aliphatic heterocycles. The van der Waals surface area contributed by atoms with Crippen LogP contribution in [0, 0.1) is 17.8 Å². The van der Waals surface area contributed by atoms with E-state index in [-0.39, 0.29) is 5.91 Å². The number of anilines is 1. The number of carbonyl (C=O) groups excluding carboxylic acids is 2. The summed E-state index contributed by atoms with van der Waals surface area (Å²) in [6, 6.07) is 21.2. The maximum absolute atomic E-state index is 13.9. The van der Waals surface area contributed by atoms with Crippen molar-refractivity contribution in [3.05, 3.63) is 94.5 Å². The second-order valence-corrected chi connectivity index (χ2v) is 11.9. The first-order valence-electron chi connectivity index (χ1n) is 15.4. The van der Waals surface area contributed by atoms with Crippen molar-refractivity contribution in [2.45, 2.75) is 84.3 Å². The normalized spacial score (nSPS) is 15.6. The van der Waals surface area contributed by atoms with Gasteiger partial charge in [0, 0.05) is 48.8 Å². The first kappa shape index (κ1) is 29.5. The van der Waals surface area contributed by atoms with E-state index in [1.165, 1.54) is 44.1 Å². The Kier molecular flexibility index (Phi) is 9.32. The van der Waals surface area contributed by atoms with Crippen LogP contribution in [-0.4, -0.2) is 24.2 Å². The topological polar surface area (TPSA) is 55.8 Å². The van der Waals surface area contributed by atoms with Gasteiger partial charge in [-0.05, 0) is 85.7 Å². The molecule has 1 aliphatic carbocycles. The number of hydrogen-bond acceptors (Lipinski definition) is 4. The Morgan fingerprint density at radius 3 is 2.24 bits per heavy atom. The molecule has 1 heterocycles. The highest BCUT2D eigenvalue weighted by molar-refractivity contribution is 6.06. The summed E-state index contributed by atoms with van der Waals surface area (Å²) in [4.78, 5) is 28.2. The van der Waals surface area contributed by atoms with Gasteiger partial charge in [0.1, 0.15) is 11.3 Å². The zero-order valence-corrected chi connectivity index (χ0v) is 25.1. The molecular weight excluding hydrogens is 522 g/mol. The summed E-state index contributed by atoms with van der Waals surface area (Å²) < 4.78 is 11.3. The largest absolute Gasteiger partial charge is 0.452 e. The number of aryl methyl sites for hydroxylation is 1. The van der Waals surface area contributed by atoms with Gasteiger partial charge >= 0.3 is 5.97 Å². The highest BCUT2D eigenvalue weighted by Crippen LogP contribution is 2.35. The number of cyclic esters (lactones) is 1. The van der Waals surface area contributed by atoms with Crippen molar-refractivity contribution in [1.82, 2.24) is 0 Å². The van der Waals surface area contributed by atoms with E-state index in [9.17, 15) is 9.59 Å². The molecule has 1 amide bonds. The fourth-order valence-corrected chi connectivity index (χ4v) is 5.81. The lowest BCUT2D eigenvalue weighted by molar-refractivity contribution is -0.127. The number of ether oxygens (including phenoxy) is 2. The lowest BCUT2D eigenvalue weighted by Crippen LogP contribution is -2.39. The molecule has 0 aromatic heterocycles. The van der Waals surface area contributed by atoms with E-state index in [4.69, 9.17) is 9.47 Å². The third-order valence-electron chi connectivity index (χ3n) is 8.16. The summed E-state index contributed by atoms with van der Waals surface area (Å²) in [6.45, 7) is 6.21. The molecule has 1 fully saturated rings. The molecule has 0 atom stereocenters. The van der Waals surface area contributed by atoms with E-state index < -0.39 is 11.8 Å². The van der Waals surface area contributed by atoms with Crippen LogP contribution in [-0.2, 0) is 11.2 Å². The Labute approximate surface area is 250 Å². The van der Waals surface area contributed by atoms with Crippen LogP contribution in [0.1, 0.15) is 110 Å². The van der Waals surface area contributed by atoms with Crippen LogP contribution in [0.3, 0.4) is 0 Å². The maximum atomic E-state index is 13.9. The van der Waals surface area contributed by atoms with Gasteiger partial charge in [0.25, 0.3) is 5.91 Å². The van der Waals surface area contributed by atoms with Gasteiger partial charge in [0.2, 0.25) is 5.79 Å². The predicted octanol–water partition coefficient (Wildman–Crippen LogP) is 8.33. The van der Waals surface area contributed by atoms with Gasteiger partial charge in [-0.3, -0.25) is 4.79 Å². The number of fused-ring (bicyclic) bond motifs is 1. The molecule has 42 heavy (non-hydrogen) atoms. The Bertz CT molecular complexity index is 1450. The molecule has 5 heteroatoms. The van der Waals surface area contributed by atoms with Gasteiger partial charge < -0.3 is 14.4 Å². The smallest absolute Gasteiger partial charge is 0.345 e. The van der Waals surface area contributed by atoms with E-state index in [1.807, 2.05) is 35.2 Å². The van der Waals surface area contributed by atoms with E-state index in [0.29, 0.717) is 29.1 Å². The van der Waals surface area contributed by atoms with Gasteiger partial charge in [0.05, 0.1) is 0 Å². The highest BCUT2D eigenvalue weighted by Gasteiger charge is 2.34. The van der Waals surface area contributed by atoms with E-state index in [1.54, 1.807) is 26.0 Å². The third-order valence-corrected chi connectivity index (χ3v) is 8.16. The maximum Gasteiger partial charge on any atom is 0.345 e.